The molecule has 6 nitrogen and oxygen atoms in total. The molecule has 0 spiro atoms. The van der Waals surface area contributed by atoms with Crippen molar-refractivity contribution in [3.05, 3.63) is 18.0 Å². The number of aryl methyl sites for hydroxylation is 1. The Hall–Kier alpha value is -0.920. The van der Waals surface area contributed by atoms with Gasteiger partial charge in [0.25, 0.3) is 0 Å². The molecule has 1 aliphatic heterocycles. The molecular weight excluding hydrogens is 276 g/mol. The minimum atomic E-state index is -3.16. The number of nitrogens with one attached hydrogen (secondary N) is 2. The Labute approximate surface area is 121 Å². The zero-order valence-corrected chi connectivity index (χ0v) is 12.8. The van der Waals surface area contributed by atoms with Gasteiger partial charge in [-0.15, -0.1) is 0 Å². The minimum Gasteiger partial charge on any atom is -0.314 e. The highest BCUT2D eigenvalue weighted by atomic mass is 32.2. The van der Waals surface area contributed by atoms with Gasteiger partial charge in [-0.05, 0) is 37.8 Å². The summed E-state index contributed by atoms with van der Waals surface area (Å²) >= 11 is 0. The van der Waals surface area contributed by atoms with Crippen molar-refractivity contribution in [2.75, 3.05) is 18.8 Å². The molecule has 0 aromatic carbocycles. The van der Waals surface area contributed by atoms with Gasteiger partial charge in [0.1, 0.15) is 0 Å². The minimum absolute atomic E-state index is 0.206. The van der Waals surface area contributed by atoms with E-state index in [1.807, 2.05) is 13.2 Å². The van der Waals surface area contributed by atoms with Gasteiger partial charge in [0.15, 0.2) is 0 Å². The summed E-state index contributed by atoms with van der Waals surface area (Å²) in [5.41, 5.74) is 1.05. The molecule has 0 saturated carbocycles. The Morgan fingerprint density at radius 1 is 1.50 bits per heavy atom. The molecular formula is C13H24N4O2S. The van der Waals surface area contributed by atoms with Crippen LogP contribution >= 0.6 is 0 Å². The van der Waals surface area contributed by atoms with Gasteiger partial charge >= 0.3 is 0 Å². The van der Waals surface area contributed by atoms with E-state index in [-0.39, 0.29) is 5.75 Å². The highest BCUT2D eigenvalue weighted by molar-refractivity contribution is 7.89. The van der Waals surface area contributed by atoms with Crippen LogP contribution in [0.15, 0.2) is 12.4 Å². The van der Waals surface area contributed by atoms with Gasteiger partial charge in [0.05, 0.1) is 11.9 Å². The lowest BCUT2D eigenvalue weighted by molar-refractivity contribution is 0.392. The molecule has 1 unspecified atom stereocenters. The van der Waals surface area contributed by atoms with Crippen molar-refractivity contribution in [1.29, 1.82) is 0 Å². The molecule has 2 rings (SSSR count). The van der Waals surface area contributed by atoms with Gasteiger partial charge in [0.2, 0.25) is 10.0 Å². The largest absolute Gasteiger partial charge is 0.314 e. The first kappa shape index (κ1) is 15.5. The van der Waals surface area contributed by atoms with Gasteiger partial charge in [-0.1, -0.05) is 6.42 Å². The normalized spacial score (nSPS) is 20.1. The maximum Gasteiger partial charge on any atom is 0.211 e. The number of piperidine rings is 1. The van der Waals surface area contributed by atoms with Gasteiger partial charge in [-0.3, -0.25) is 4.68 Å². The van der Waals surface area contributed by atoms with Crippen molar-refractivity contribution in [1.82, 2.24) is 19.8 Å². The molecule has 0 radical (unpaired) electrons. The van der Waals surface area contributed by atoms with Crippen LogP contribution < -0.4 is 10.0 Å². The molecule has 1 saturated heterocycles. The van der Waals surface area contributed by atoms with E-state index in [0.29, 0.717) is 25.4 Å². The third-order valence-electron chi connectivity index (χ3n) is 3.64. The predicted octanol–water partition coefficient (Wildman–Crippen LogP) is 0.414. The van der Waals surface area contributed by atoms with Gasteiger partial charge in [-0.25, -0.2) is 13.1 Å². The molecule has 20 heavy (non-hydrogen) atoms. The van der Waals surface area contributed by atoms with Gasteiger partial charge in [0, 0.05) is 25.8 Å². The SMILES string of the molecule is Cn1cc(CCNS(=O)(=O)CCC2CCCCN2)cn1. The molecule has 1 aliphatic rings. The number of nitrogens with zero attached hydrogens (tertiary/aromatic N) is 2. The summed E-state index contributed by atoms with van der Waals surface area (Å²) in [6.45, 7) is 1.45. The third-order valence-corrected chi connectivity index (χ3v) is 5.06. The molecule has 1 aromatic rings. The number of hydrogen-bond donors (Lipinski definition) is 2. The lowest BCUT2D eigenvalue weighted by Crippen LogP contribution is -2.37. The van der Waals surface area contributed by atoms with Crippen molar-refractivity contribution in [3.8, 4) is 0 Å². The van der Waals surface area contributed by atoms with E-state index < -0.39 is 10.0 Å². The fraction of sp³-hybridized carbons (Fsp3) is 0.769. The van der Waals surface area contributed by atoms with E-state index >= 15 is 0 Å². The van der Waals surface area contributed by atoms with Gasteiger partial charge in [-0.2, -0.15) is 5.10 Å². The number of hydrogen-bond acceptors (Lipinski definition) is 4. The summed E-state index contributed by atoms with van der Waals surface area (Å²) in [4.78, 5) is 0. The fourth-order valence-corrected chi connectivity index (χ4v) is 3.64. The predicted molar refractivity (Wildman–Crippen MR) is 79.0 cm³/mol. The summed E-state index contributed by atoms with van der Waals surface area (Å²) in [6, 6.07) is 0.360. The van der Waals surface area contributed by atoms with Crippen molar-refractivity contribution < 1.29 is 8.42 Å². The molecule has 114 valence electrons. The summed E-state index contributed by atoms with van der Waals surface area (Å²) in [7, 11) is -1.31. The fourth-order valence-electron chi connectivity index (χ4n) is 2.49. The highest BCUT2D eigenvalue weighted by Gasteiger charge is 2.17. The molecule has 1 atom stereocenters. The topological polar surface area (TPSA) is 76.0 Å². The van der Waals surface area contributed by atoms with Crippen LogP contribution in [0.2, 0.25) is 0 Å². The second-order valence-corrected chi connectivity index (χ2v) is 7.35. The Morgan fingerprint density at radius 3 is 3.00 bits per heavy atom. The third kappa shape index (κ3) is 5.22. The van der Waals surface area contributed by atoms with Crippen LogP contribution in [0.3, 0.4) is 0 Å². The first-order valence-corrected chi connectivity index (χ1v) is 8.89. The lowest BCUT2D eigenvalue weighted by atomic mass is 10.0. The van der Waals surface area contributed by atoms with Crippen LogP contribution in [0.4, 0.5) is 0 Å². The van der Waals surface area contributed by atoms with Crippen LogP contribution in [0.1, 0.15) is 31.2 Å². The maximum atomic E-state index is 11.9. The van der Waals surface area contributed by atoms with E-state index in [1.54, 1.807) is 10.9 Å². The molecule has 0 aliphatic carbocycles. The van der Waals surface area contributed by atoms with E-state index in [1.165, 1.54) is 12.8 Å². The van der Waals surface area contributed by atoms with E-state index in [0.717, 1.165) is 18.5 Å². The second-order valence-electron chi connectivity index (χ2n) is 5.42. The average Bonchev–Trinajstić information content (AvgIpc) is 2.83. The quantitative estimate of drug-likeness (QED) is 0.765. The van der Waals surface area contributed by atoms with Crippen molar-refractivity contribution in [3.63, 3.8) is 0 Å². The summed E-state index contributed by atoms with van der Waals surface area (Å²) in [6.07, 6.45) is 8.53. The molecule has 1 fully saturated rings. The number of aromatic nitrogens is 2. The first-order valence-electron chi connectivity index (χ1n) is 7.23. The van der Waals surface area contributed by atoms with Gasteiger partial charge < -0.3 is 5.32 Å². The maximum absolute atomic E-state index is 11.9. The zero-order chi connectivity index (χ0) is 14.4. The van der Waals surface area contributed by atoms with Crippen molar-refractivity contribution >= 4 is 10.0 Å². The Balaban J connectivity index is 1.67. The standard InChI is InChI=1S/C13H24N4O2S/c1-17-11-12(10-15-17)5-8-16-20(18,19)9-6-13-4-2-3-7-14-13/h10-11,13-14,16H,2-9H2,1H3. The summed E-state index contributed by atoms with van der Waals surface area (Å²) in [5.74, 6) is 0.206. The van der Waals surface area contributed by atoms with Crippen LogP contribution in [-0.4, -0.2) is 43.1 Å². The Bertz CT molecular complexity index is 506. The van der Waals surface area contributed by atoms with Crippen molar-refractivity contribution in [2.24, 2.45) is 7.05 Å². The Morgan fingerprint density at radius 2 is 2.35 bits per heavy atom. The molecule has 7 heteroatoms. The summed E-state index contributed by atoms with van der Waals surface area (Å²) in [5, 5.41) is 7.43. The highest BCUT2D eigenvalue weighted by Crippen LogP contribution is 2.10. The van der Waals surface area contributed by atoms with Crippen LogP contribution in [0, 0.1) is 0 Å². The van der Waals surface area contributed by atoms with Crippen molar-refractivity contribution in [2.45, 2.75) is 38.1 Å². The van der Waals surface area contributed by atoms with E-state index in [9.17, 15) is 8.42 Å². The molecule has 0 amide bonds. The lowest BCUT2D eigenvalue weighted by Gasteiger charge is -2.23. The van der Waals surface area contributed by atoms with Crippen LogP contribution in [0.5, 0.6) is 0 Å². The summed E-state index contributed by atoms with van der Waals surface area (Å²) < 4.78 is 28.2. The first-order chi connectivity index (χ1) is 9.55. The number of rotatable bonds is 7. The smallest absolute Gasteiger partial charge is 0.211 e. The molecule has 2 N–H and O–H groups in total. The van der Waals surface area contributed by atoms with E-state index in [4.69, 9.17) is 0 Å². The number of sulfonamides is 1. The Kier molecular flexibility index (Phi) is 5.56. The van der Waals surface area contributed by atoms with Crippen LogP contribution in [-0.2, 0) is 23.5 Å². The average molecular weight is 300 g/mol. The monoisotopic (exact) mass is 300 g/mol. The zero-order valence-electron chi connectivity index (χ0n) is 12.0. The second kappa shape index (κ2) is 7.19. The van der Waals surface area contributed by atoms with Crippen LogP contribution in [0.25, 0.3) is 0 Å². The molecule has 2 heterocycles. The van der Waals surface area contributed by atoms with E-state index in [2.05, 4.69) is 15.1 Å². The molecule has 0 bridgehead atoms. The molecule has 1 aromatic heterocycles.